The molecule has 3 amide bonds. The van der Waals surface area contributed by atoms with Gasteiger partial charge in [0.1, 0.15) is 6.61 Å². The van der Waals surface area contributed by atoms with Crippen molar-refractivity contribution in [1.29, 1.82) is 5.26 Å². The molecule has 2 heterocycles. The van der Waals surface area contributed by atoms with E-state index >= 15 is 0 Å². The van der Waals surface area contributed by atoms with E-state index in [1.54, 1.807) is 6.26 Å². The molecule has 0 atom stereocenters. The minimum Gasteiger partial charge on any atom is -0.502 e. The third kappa shape index (κ3) is 50.2. The number of ether oxygens (including phenoxy) is 8. The number of nitrogens with one attached hydrogen (secondary N) is 3. The quantitative estimate of drug-likeness (QED) is 0.0120. The molecule has 0 fully saturated rings. The normalized spacial score (nSPS) is 10.3. The average molecular weight is 1470 g/mol. The molecule has 588 valence electrons. The van der Waals surface area contributed by atoms with Crippen molar-refractivity contribution in [3.63, 3.8) is 0 Å². The van der Waals surface area contributed by atoms with Gasteiger partial charge >= 0.3 is 52.4 Å². The Morgan fingerprint density at radius 3 is 0.827 bits per heavy atom. The Bertz CT molecular complexity index is 2880. The number of isocyanates is 2. The van der Waals surface area contributed by atoms with Crippen molar-refractivity contribution in [1.82, 2.24) is 43.4 Å². The van der Waals surface area contributed by atoms with E-state index in [4.69, 9.17) is 43.5 Å². The third-order valence-electron chi connectivity index (χ3n) is 15.7. The third-order valence-corrected chi connectivity index (χ3v) is 15.7. The molecule has 32 nitrogen and oxygen atoms in total. The number of rotatable bonds is 65. The number of aromatic nitrogens is 6. The fourth-order valence-corrected chi connectivity index (χ4v) is 10.0. The summed E-state index contributed by atoms with van der Waals surface area (Å²) in [7, 11) is 0. The molecule has 0 saturated heterocycles. The van der Waals surface area contributed by atoms with Crippen molar-refractivity contribution >= 4 is 30.4 Å². The average Bonchev–Trinajstić information content (AvgIpc) is 0.796. The van der Waals surface area contributed by atoms with Crippen LogP contribution in [0.3, 0.4) is 0 Å². The van der Waals surface area contributed by atoms with Crippen LogP contribution in [0.4, 0.5) is 14.4 Å². The fourth-order valence-electron chi connectivity index (χ4n) is 10.0. The van der Waals surface area contributed by atoms with Crippen LogP contribution in [0.5, 0.6) is 0 Å². The molecule has 32 heteroatoms. The summed E-state index contributed by atoms with van der Waals surface area (Å²) in [6.45, 7) is 20.8. The largest absolute Gasteiger partial charge is 0.502 e. The van der Waals surface area contributed by atoms with Crippen LogP contribution >= 0.6 is 0 Å². The molecule has 0 bridgehead atoms. The molecule has 2 aromatic rings. The molecule has 0 saturated carbocycles. The van der Waals surface area contributed by atoms with E-state index < -0.39 is 52.4 Å². The fraction of sp³-hybridized carbons (Fsp3) is 0.722. The zero-order valence-electron chi connectivity index (χ0n) is 61.6. The number of unbranched alkanes of at least 4 members (excludes halogenated alkanes) is 22. The highest BCUT2D eigenvalue weighted by Crippen LogP contribution is 2.07. The minimum absolute atomic E-state index is 0.164. The van der Waals surface area contributed by atoms with Gasteiger partial charge in [-0.25, -0.2) is 90.1 Å². The Hall–Kier alpha value is -9.20. The molecule has 0 unspecified atom stereocenters. The summed E-state index contributed by atoms with van der Waals surface area (Å²) in [6.07, 6.45) is 31.6. The predicted octanol–water partition coefficient (Wildman–Crippen LogP) is 8.79. The number of hydrogen-bond acceptors (Lipinski definition) is 23. The second-order valence-electron chi connectivity index (χ2n) is 23.9. The molecule has 4 N–H and O–H groups in total. The molecule has 0 spiro atoms. The van der Waals surface area contributed by atoms with Crippen molar-refractivity contribution < 1.29 is 67.0 Å². The summed E-state index contributed by atoms with van der Waals surface area (Å²) < 4.78 is 46.9. The summed E-state index contributed by atoms with van der Waals surface area (Å²) in [5.41, 5.74) is -3.63. The first kappa shape index (κ1) is 94.8. The maximum atomic E-state index is 13.5. The zero-order chi connectivity index (χ0) is 76.6. The molecule has 0 aliphatic rings. The van der Waals surface area contributed by atoms with E-state index in [2.05, 4.69) is 57.0 Å². The number of aliphatic hydroxyl groups is 1. The Kier molecular flexibility index (Phi) is 63.4. The SMILES string of the molecule is C=COCCCCO.C=COCCCCOC(=O)NCCCCCCn1c(=O)n(CCCCCCNC(=O)OCCCCOC=C)c(=O)n(CCCCCCNC(=O)OCCCCOC=C)c1=O.N#COCCCCCCn1c(=O)n(CCCCCCN=C=O)c(=O)n(CCCCCCN=C=O)c1=O. The van der Waals surface area contributed by atoms with Gasteiger partial charge in [-0.1, -0.05) is 96.9 Å². The highest BCUT2D eigenvalue weighted by Gasteiger charge is 2.18. The lowest BCUT2D eigenvalue weighted by Gasteiger charge is -2.14. The Labute approximate surface area is 611 Å². The van der Waals surface area contributed by atoms with Crippen LogP contribution in [0.2, 0.25) is 0 Å². The predicted molar refractivity (Wildman–Crippen MR) is 393 cm³/mol. The zero-order valence-corrected chi connectivity index (χ0v) is 61.6. The number of amides is 3. The van der Waals surface area contributed by atoms with Crippen molar-refractivity contribution in [2.75, 3.05) is 92.2 Å². The molecule has 104 heavy (non-hydrogen) atoms. The molecule has 0 aliphatic carbocycles. The number of aliphatic hydroxyl groups excluding tert-OH is 1. The number of alkyl carbamates (subject to hydrolysis) is 3. The van der Waals surface area contributed by atoms with Crippen LogP contribution in [-0.2, 0) is 86.8 Å². The van der Waals surface area contributed by atoms with Crippen LogP contribution in [-0.4, -0.2) is 155 Å². The Morgan fingerprint density at radius 1 is 0.346 bits per heavy atom. The summed E-state index contributed by atoms with van der Waals surface area (Å²) in [6, 6.07) is 0. The van der Waals surface area contributed by atoms with Crippen molar-refractivity contribution in [3.05, 3.63) is 114 Å². The van der Waals surface area contributed by atoms with Gasteiger partial charge in [-0.2, -0.15) is 5.26 Å². The standard InChI is InChI=1S/C42H72N6O12.C24H36N6O6.C6H12O2/c1-4-55-31-19-22-34-58-37(49)43-25-13-7-10-16-28-46-40(52)47(29-17-11-8-14-26-44-38(50)59-35-23-20-32-56-5-2)42(54)48(41(46)53)30-18-12-9-15-27-45-39(51)60-36-24-21-33-57-6-3;25-19-36-18-12-6-5-11-17-30-23(34)28(15-9-3-1-7-13-26-20-31)22(33)29(24(30)35)16-10-4-2-8-14-27-21-32;1-2-8-6-4-3-5-7/h4-6H,1-3,7-36H2,(H,43,49)(H,44,50)(H,45,51);1-18H2;2,7H,1,3-6H2. The molecular weight excluding hydrogens is 1350 g/mol. The lowest BCUT2D eigenvalue weighted by atomic mass is 10.2. The highest BCUT2D eigenvalue weighted by molar-refractivity contribution is 5.67. The van der Waals surface area contributed by atoms with Crippen molar-refractivity contribution in [2.24, 2.45) is 9.98 Å². The summed E-state index contributed by atoms with van der Waals surface area (Å²) in [5, 5.41) is 24.9. The molecule has 2 rings (SSSR count). The van der Waals surface area contributed by atoms with E-state index in [9.17, 15) is 52.7 Å². The van der Waals surface area contributed by atoms with Gasteiger partial charge in [-0.3, -0.25) is 0 Å². The maximum Gasteiger partial charge on any atom is 0.407 e. The van der Waals surface area contributed by atoms with Gasteiger partial charge in [0.15, 0.2) is 0 Å². The molecular formula is C72H120N12O20. The van der Waals surface area contributed by atoms with Crippen molar-refractivity contribution in [2.45, 2.75) is 245 Å². The number of nitrogens with zero attached hydrogens (tertiary/aromatic N) is 9. The van der Waals surface area contributed by atoms with Gasteiger partial charge < -0.3 is 59.0 Å². The number of nitriles is 1. The lowest BCUT2D eigenvalue weighted by Crippen LogP contribution is -2.54. The summed E-state index contributed by atoms with van der Waals surface area (Å²) >= 11 is 0. The van der Waals surface area contributed by atoms with Gasteiger partial charge in [0.05, 0.1) is 84.4 Å². The van der Waals surface area contributed by atoms with Crippen LogP contribution < -0.4 is 50.1 Å². The molecule has 2 aromatic heterocycles. The van der Waals surface area contributed by atoms with E-state index in [0.29, 0.717) is 188 Å². The number of carbonyl (C=O) groups is 3. The van der Waals surface area contributed by atoms with E-state index in [1.165, 1.54) is 37.2 Å². The molecule has 0 radical (unpaired) electrons. The van der Waals surface area contributed by atoms with Crippen molar-refractivity contribution in [3.8, 4) is 6.26 Å². The van der Waals surface area contributed by atoms with E-state index in [0.717, 1.165) is 130 Å². The Balaban J connectivity index is 0.00000202. The van der Waals surface area contributed by atoms with Crippen LogP contribution in [0.15, 0.2) is 90.1 Å². The highest BCUT2D eigenvalue weighted by atomic mass is 16.6. The summed E-state index contributed by atoms with van der Waals surface area (Å²) in [5.74, 6) is 0. The van der Waals surface area contributed by atoms with Gasteiger partial charge in [0, 0.05) is 65.5 Å². The topological polar surface area (TPSA) is 396 Å². The number of aliphatic imine (C=N–C) groups is 2. The lowest BCUT2D eigenvalue weighted by molar-refractivity contribution is 0.139. The first-order valence-corrected chi connectivity index (χ1v) is 37.0. The molecule has 0 aliphatic heterocycles. The van der Waals surface area contributed by atoms with Crippen LogP contribution in [0.1, 0.15) is 205 Å². The minimum atomic E-state index is -0.620. The van der Waals surface area contributed by atoms with E-state index in [-0.39, 0.29) is 45.9 Å². The summed E-state index contributed by atoms with van der Waals surface area (Å²) in [4.78, 5) is 142. The van der Waals surface area contributed by atoms with Gasteiger partial charge in [0.2, 0.25) is 12.2 Å². The number of hydrogen-bond donors (Lipinski definition) is 4. The van der Waals surface area contributed by atoms with Crippen LogP contribution in [0.25, 0.3) is 0 Å². The van der Waals surface area contributed by atoms with E-state index in [1.807, 2.05) is 0 Å². The first-order valence-electron chi connectivity index (χ1n) is 37.0. The first-order chi connectivity index (χ1) is 50.8. The second-order valence-corrected chi connectivity index (χ2v) is 23.9. The van der Waals surface area contributed by atoms with Crippen LogP contribution in [0, 0.1) is 11.5 Å². The number of carbonyl (C=O) groups excluding carboxylic acids is 5. The van der Waals surface area contributed by atoms with Gasteiger partial charge in [0.25, 0.3) is 6.26 Å². The second kappa shape index (κ2) is 69.5. The van der Waals surface area contributed by atoms with Gasteiger partial charge in [-0.05, 0) is 135 Å². The molecule has 0 aromatic carbocycles. The maximum absolute atomic E-state index is 13.5. The van der Waals surface area contributed by atoms with Gasteiger partial charge in [-0.15, -0.1) is 0 Å². The smallest absolute Gasteiger partial charge is 0.407 e. The monoisotopic (exact) mass is 1470 g/mol. The Morgan fingerprint density at radius 2 is 0.577 bits per heavy atom.